The van der Waals surface area contributed by atoms with E-state index in [2.05, 4.69) is 5.32 Å². The van der Waals surface area contributed by atoms with Crippen molar-refractivity contribution < 1.29 is 9.66 Å². The molecule has 0 aliphatic heterocycles. The molecule has 1 N–H and O–H groups in total. The van der Waals surface area contributed by atoms with E-state index in [1.54, 1.807) is 0 Å². The van der Waals surface area contributed by atoms with E-state index < -0.39 is 4.92 Å². The Labute approximate surface area is 122 Å². The Morgan fingerprint density at radius 1 is 1.42 bits per heavy atom. The van der Waals surface area contributed by atoms with E-state index in [4.69, 9.17) is 27.9 Å². The molecule has 0 radical (unpaired) electrons. The third-order valence-electron chi connectivity index (χ3n) is 2.45. The van der Waals surface area contributed by atoms with Crippen LogP contribution < -0.4 is 10.1 Å². The largest absolute Gasteiger partial charge is 0.490 e. The summed E-state index contributed by atoms with van der Waals surface area (Å²) in [7, 11) is 0. The number of non-ortho nitro benzene ring substituents is 1. The summed E-state index contributed by atoms with van der Waals surface area (Å²) in [5.41, 5.74) is -0.150. The van der Waals surface area contributed by atoms with Gasteiger partial charge in [0.05, 0.1) is 21.6 Å². The second-order valence-corrected chi connectivity index (χ2v) is 5.03. The van der Waals surface area contributed by atoms with E-state index >= 15 is 0 Å². The molecule has 0 spiro atoms. The van der Waals surface area contributed by atoms with Crippen molar-refractivity contribution in [3.05, 3.63) is 32.3 Å². The van der Waals surface area contributed by atoms with Crippen LogP contribution in [0.25, 0.3) is 0 Å². The number of nitrogens with zero attached hydrogens (tertiary/aromatic N) is 1. The average Bonchev–Trinajstić information content (AvgIpc) is 2.34. The van der Waals surface area contributed by atoms with E-state index in [0.717, 1.165) is 13.1 Å². The van der Waals surface area contributed by atoms with Crippen molar-refractivity contribution in [2.45, 2.75) is 13.8 Å². The number of hydrogen-bond acceptors (Lipinski definition) is 4. The molecule has 0 aliphatic carbocycles. The molecule has 0 saturated carbocycles. The highest BCUT2D eigenvalue weighted by molar-refractivity contribution is 6.37. The van der Waals surface area contributed by atoms with Crippen LogP contribution >= 0.6 is 23.2 Å². The quantitative estimate of drug-likeness (QED) is 0.618. The number of nitrogens with one attached hydrogen (secondary N) is 1. The van der Waals surface area contributed by atoms with Crippen LogP contribution in [-0.2, 0) is 0 Å². The number of hydrogen-bond donors (Lipinski definition) is 1. The maximum atomic E-state index is 10.6. The van der Waals surface area contributed by atoms with Gasteiger partial charge >= 0.3 is 0 Å². The Balaban J connectivity index is 2.71. The molecule has 1 atom stereocenters. The van der Waals surface area contributed by atoms with E-state index in [9.17, 15) is 10.1 Å². The number of nitro groups is 1. The maximum absolute atomic E-state index is 10.6. The highest BCUT2D eigenvalue weighted by Gasteiger charge is 2.16. The number of ether oxygens (including phenoxy) is 1. The van der Waals surface area contributed by atoms with Crippen LogP contribution in [-0.4, -0.2) is 24.6 Å². The first-order valence-corrected chi connectivity index (χ1v) is 6.68. The normalized spacial score (nSPS) is 12.2. The van der Waals surface area contributed by atoms with Crippen LogP contribution in [0.2, 0.25) is 10.0 Å². The SMILES string of the molecule is CCNCC(C)COc1c(Cl)cc([N+](=O)[O-])cc1Cl. The monoisotopic (exact) mass is 306 g/mol. The summed E-state index contributed by atoms with van der Waals surface area (Å²) in [6.45, 7) is 6.19. The average molecular weight is 307 g/mol. The molecule has 1 rings (SSSR count). The van der Waals surface area contributed by atoms with Crippen molar-refractivity contribution in [2.24, 2.45) is 5.92 Å². The van der Waals surface area contributed by atoms with Gasteiger partial charge in [-0.15, -0.1) is 0 Å². The standard InChI is InChI=1S/C12H16Cl2N2O3/c1-3-15-6-8(2)7-19-12-10(13)4-9(16(17)18)5-11(12)14/h4-5,8,15H,3,6-7H2,1-2H3. The van der Waals surface area contributed by atoms with Gasteiger partial charge < -0.3 is 10.1 Å². The lowest BCUT2D eigenvalue weighted by Crippen LogP contribution is -2.24. The van der Waals surface area contributed by atoms with Crippen molar-refractivity contribution in [3.63, 3.8) is 0 Å². The van der Waals surface area contributed by atoms with Crippen LogP contribution in [0.1, 0.15) is 13.8 Å². The summed E-state index contributed by atoms with van der Waals surface area (Å²) in [5, 5.41) is 14.1. The predicted octanol–water partition coefficient (Wildman–Crippen LogP) is 3.53. The Morgan fingerprint density at radius 2 is 2.00 bits per heavy atom. The van der Waals surface area contributed by atoms with E-state index in [1.807, 2.05) is 13.8 Å². The molecular weight excluding hydrogens is 291 g/mol. The number of nitro benzene ring substituents is 1. The van der Waals surface area contributed by atoms with Crippen molar-refractivity contribution in [1.82, 2.24) is 5.32 Å². The summed E-state index contributed by atoms with van der Waals surface area (Å²) in [6, 6.07) is 2.47. The van der Waals surface area contributed by atoms with E-state index in [1.165, 1.54) is 12.1 Å². The molecule has 1 aromatic carbocycles. The van der Waals surface area contributed by atoms with Crippen LogP contribution in [0.15, 0.2) is 12.1 Å². The van der Waals surface area contributed by atoms with Crippen LogP contribution in [0.4, 0.5) is 5.69 Å². The van der Waals surface area contributed by atoms with Gasteiger partial charge in [-0.25, -0.2) is 0 Å². The molecule has 106 valence electrons. The first kappa shape index (κ1) is 16.0. The molecule has 1 aromatic rings. The van der Waals surface area contributed by atoms with Gasteiger partial charge in [-0.05, 0) is 6.54 Å². The van der Waals surface area contributed by atoms with Crippen LogP contribution in [0.5, 0.6) is 5.75 Å². The van der Waals surface area contributed by atoms with Gasteiger partial charge in [-0.3, -0.25) is 10.1 Å². The lowest BCUT2D eigenvalue weighted by molar-refractivity contribution is -0.384. The van der Waals surface area contributed by atoms with E-state index in [-0.39, 0.29) is 27.4 Å². The Bertz CT molecular complexity index is 432. The molecule has 5 nitrogen and oxygen atoms in total. The zero-order valence-corrected chi connectivity index (χ0v) is 12.3. The molecule has 7 heteroatoms. The van der Waals surface area contributed by atoms with Crippen molar-refractivity contribution in [3.8, 4) is 5.75 Å². The first-order chi connectivity index (χ1) is 8.95. The van der Waals surface area contributed by atoms with Crippen molar-refractivity contribution in [2.75, 3.05) is 19.7 Å². The maximum Gasteiger partial charge on any atom is 0.272 e. The third-order valence-corrected chi connectivity index (χ3v) is 3.01. The summed E-state index contributed by atoms with van der Waals surface area (Å²) in [6.07, 6.45) is 0. The van der Waals surface area contributed by atoms with Gasteiger partial charge in [0.1, 0.15) is 0 Å². The minimum atomic E-state index is -0.546. The fourth-order valence-corrected chi connectivity index (χ4v) is 2.05. The van der Waals surface area contributed by atoms with Crippen LogP contribution in [0, 0.1) is 16.0 Å². The van der Waals surface area contributed by atoms with Crippen molar-refractivity contribution in [1.29, 1.82) is 0 Å². The van der Waals surface area contributed by atoms with Gasteiger partial charge in [0, 0.05) is 24.6 Å². The smallest absolute Gasteiger partial charge is 0.272 e. The lowest BCUT2D eigenvalue weighted by Gasteiger charge is -2.15. The summed E-state index contributed by atoms with van der Waals surface area (Å²) in [4.78, 5) is 10.1. The Hall–Kier alpha value is -1.04. The highest BCUT2D eigenvalue weighted by Crippen LogP contribution is 2.36. The summed E-state index contributed by atoms with van der Waals surface area (Å²) in [5.74, 6) is 0.569. The minimum absolute atomic E-state index is 0.148. The molecule has 0 fully saturated rings. The summed E-state index contributed by atoms with van der Waals surface area (Å²) < 4.78 is 5.53. The Kier molecular flexibility index (Phi) is 6.34. The molecule has 0 aliphatic rings. The molecule has 0 aromatic heterocycles. The second-order valence-electron chi connectivity index (χ2n) is 4.22. The Morgan fingerprint density at radius 3 is 2.47 bits per heavy atom. The third kappa shape index (κ3) is 4.86. The lowest BCUT2D eigenvalue weighted by atomic mass is 10.2. The highest BCUT2D eigenvalue weighted by atomic mass is 35.5. The molecule has 1 unspecified atom stereocenters. The minimum Gasteiger partial charge on any atom is -0.490 e. The topological polar surface area (TPSA) is 64.4 Å². The molecular formula is C12H16Cl2N2O3. The van der Waals surface area contributed by atoms with Gasteiger partial charge in [-0.2, -0.15) is 0 Å². The second kappa shape index (κ2) is 7.53. The zero-order valence-electron chi connectivity index (χ0n) is 10.8. The van der Waals surface area contributed by atoms with E-state index in [0.29, 0.717) is 6.61 Å². The van der Waals surface area contributed by atoms with Gasteiger partial charge in [0.25, 0.3) is 5.69 Å². The van der Waals surface area contributed by atoms with Gasteiger partial charge in [-0.1, -0.05) is 37.0 Å². The fourth-order valence-electron chi connectivity index (χ4n) is 1.47. The molecule has 0 heterocycles. The first-order valence-electron chi connectivity index (χ1n) is 5.92. The molecule has 19 heavy (non-hydrogen) atoms. The molecule has 0 saturated heterocycles. The predicted molar refractivity (Wildman–Crippen MR) is 76.3 cm³/mol. The zero-order chi connectivity index (χ0) is 14.4. The molecule has 0 amide bonds. The number of benzene rings is 1. The summed E-state index contributed by atoms with van der Waals surface area (Å²) >= 11 is 11.9. The van der Waals surface area contributed by atoms with Gasteiger partial charge in [0.2, 0.25) is 0 Å². The molecule has 0 bridgehead atoms. The van der Waals surface area contributed by atoms with Crippen molar-refractivity contribution >= 4 is 28.9 Å². The van der Waals surface area contributed by atoms with Gasteiger partial charge in [0.15, 0.2) is 5.75 Å². The number of halogens is 2. The van der Waals surface area contributed by atoms with Crippen LogP contribution in [0.3, 0.4) is 0 Å². The fraction of sp³-hybridized carbons (Fsp3) is 0.500. The number of rotatable bonds is 7.